The molecule has 0 amide bonds. The summed E-state index contributed by atoms with van der Waals surface area (Å²) in [5.41, 5.74) is 1.78. The quantitative estimate of drug-likeness (QED) is 0.877. The first kappa shape index (κ1) is 15.7. The summed E-state index contributed by atoms with van der Waals surface area (Å²) in [7, 11) is -2.01. The Kier molecular flexibility index (Phi) is 4.76. The zero-order chi connectivity index (χ0) is 15.5. The predicted molar refractivity (Wildman–Crippen MR) is 81.8 cm³/mol. The van der Waals surface area contributed by atoms with Crippen molar-refractivity contribution in [3.8, 4) is 0 Å². The summed E-state index contributed by atoms with van der Waals surface area (Å²) in [6.07, 6.45) is 4.57. The lowest BCUT2D eigenvalue weighted by atomic mass is 10.2. The molecule has 6 nitrogen and oxygen atoms in total. The molecule has 0 saturated heterocycles. The molecule has 21 heavy (non-hydrogen) atoms. The summed E-state index contributed by atoms with van der Waals surface area (Å²) in [6.45, 7) is 2.05. The van der Waals surface area contributed by atoms with Gasteiger partial charge in [-0.25, -0.2) is 18.1 Å². The third-order valence-corrected chi connectivity index (χ3v) is 4.61. The van der Waals surface area contributed by atoms with E-state index in [2.05, 4.69) is 20.0 Å². The monoisotopic (exact) mass is 326 g/mol. The van der Waals surface area contributed by atoms with Gasteiger partial charge in [0.05, 0.1) is 5.02 Å². The number of nitrogens with zero attached hydrogens (tertiary/aromatic N) is 2. The fourth-order valence-electron chi connectivity index (χ4n) is 1.71. The van der Waals surface area contributed by atoms with Crippen LogP contribution in [0.1, 0.15) is 11.1 Å². The molecule has 0 saturated carbocycles. The minimum atomic E-state index is -3.67. The van der Waals surface area contributed by atoms with Crippen LogP contribution < -0.4 is 10.0 Å². The number of aromatic nitrogens is 2. The Bertz CT molecular complexity index is 750. The first-order valence-electron chi connectivity index (χ1n) is 6.16. The third kappa shape index (κ3) is 3.69. The SMILES string of the molecule is CNc1ncc(S(=O)(=O)NCc2ccncc2C)cc1Cl. The van der Waals surface area contributed by atoms with Crippen LogP contribution in [0.25, 0.3) is 0 Å². The van der Waals surface area contributed by atoms with E-state index in [0.29, 0.717) is 5.82 Å². The van der Waals surface area contributed by atoms with E-state index in [0.717, 1.165) is 11.1 Å². The van der Waals surface area contributed by atoms with Crippen LogP contribution in [0.2, 0.25) is 5.02 Å². The Balaban J connectivity index is 2.19. The number of nitrogens with one attached hydrogen (secondary N) is 2. The predicted octanol–water partition coefficient (Wildman–Crippen LogP) is 1.96. The van der Waals surface area contributed by atoms with Gasteiger partial charge in [-0.3, -0.25) is 4.98 Å². The van der Waals surface area contributed by atoms with Gasteiger partial charge in [-0.15, -0.1) is 0 Å². The number of sulfonamides is 1. The van der Waals surface area contributed by atoms with Gasteiger partial charge in [0.1, 0.15) is 10.7 Å². The second-order valence-corrected chi connectivity index (χ2v) is 6.55. The van der Waals surface area contributed by atoms with Crippen LogP contribution >= 0.6 is 11.6 Å². The Morgan fingerprint density at radius 2 is 2.10 bits per heavy atom. The zero-order valence-electron chi connectivity index (χ0n) is 11.6. The van der Waals surface area contributed by atoms with E-state index in [1.165, 1.54) is 12.3 Å². The fourth-order valence-corrected chi connectivity index (χ4v) is 3.01. The van der Waals surface area contributed by atoms with Crippen molar-refractivity contribution in [2.75, 3.05) is 12.4 Å². The van der Waals surface area contributed by atoms with Gasteiger partial charge in [-0.1, -0.05) is 11.6 Å². The molecule has 0 atom stereocenters. The number of anilines is 1. The Morgan fingerprint density at radius 3 is 2.71 bits per heavy atom. The van der Waals surface area contributed by atoms with Crippen molar-refractivity contribution in [3.05, 3.63) is 46.9 Å². The van der Waals surface area contributed by atoms with E-state index in [1.807, 2.05) is 6.92 Å². The van der Waals surface area contributed by atoms with E-state index in [4.69, 9.17) is 11.6 Å². The molecular formula is C13H15ClN4O2S. The number of pyridine rings is 2. The van der Waals surface area contributed by atoms with E-state index >= 15 is 0 Å². The maximum absolute atomic E-state index is 12.2. The average molecular weight is 327 g/mol. The van der Waals surface area contributed by atoms with Crippen LogP contribution in [0.5, 0.6) is 0 Å². The van der Waals surface area contributed by atoms with E-state index in [-0.39, 0.29) is 16.5 Å². The summed E-state index contributed by atoms with van der Waals surface area (Å²) < 4.78 is 27.0. The highest BCUT2D eigenvalue weighted by Crippen LogP contribution is 2.22. The van der Waals surface area contributed by atoms with Gasteiger partial charge >= 0.3 is 0 Å². The topological polar surface area (TPSA) is 84.0 Å². The van der Waals surface area contributed by atoms with Gasteiger partial charge in [-0.2, -0.15) is 0 Å². The minimum Gasteiger partial charge on any atom is -0.372 e. The lowest BCUT2D eigenvalue weighted by Crippen LogP contribution is -2.24. The van der Waals surface area contributed by atoms with Crippen molar-refractivity contribution >= 4 is 27.4 Å². The number of hydrogen-bond donors (Lipinski definition) is 2. The molecular weight excluding hydrogens is 312 g/mol. The van der Waals surface area contributed by atoms with Gasteiger partial charge in [0.25, 0.3) is 0 Å². The van der Waals surface area contributed by atoms with Gasteiger partial charge in [0.2, 0.25) is 10.0 Å². The molecule has 2 N–H and O–H groups in total. The van der Waals surface area contributed by atoms with Gasteiger partial charge in [-0.05, 0) is 30.2 Å². The molecule has 0 radical (unpaired) electrons. The molecule has 0 bridgehead atoms. The summed E-state index contributed by atoms with van der Waals surface area (Å²) in [6, 6.07) is 3.13. The van der Waals surface area contributed by atoms with Crippen LogP contribution in [-0.2, 0) is 16.6 Å². The summed E-state index contributed by atoms with van der Waals surface area (Å²) in [5.74, 6) is 0.431. The maximum atomic E-state index is 12.2. The van der Waals surface area contributed by atoms with Crippen molar-refractivity contribution in [1.82, 2.24) is 14.7 Å². The van der Waals surface area contributed by atoms with E-state index in [1.54, 1.807) is 25.5 Å². The first-order chi connectivity index (χ1) is 9.94. The second kappa shape index (κ2) is 6.38. The van der Waals surface area contributed by atoms with Crippen molar-refractivity contribution < 1.29 is 8.42 Å². The maximum Gasteiger partial charge on any atom is 0.242 e. The molecule has 0 aliphatic carbocycles. The van der Waals surface area contributed by atoms with E-state index < -0.39 is 10.0 Å². The second-order valence-electron chi connectivity index (χ2n) is 4.38. The van der Waals surface area contributed by atoms with Gasteiger partial charge in [0.15, 0.2) is 0 Å². The number of halogens is 1. The highest BCUT2D eigenvalue weighted by atomic mass is 35.5. The molecule has 0 aliphatic rings. The van der Waals surface area contributed by atoms with Crippen LogP contribution in [0.4, 0.5) is 5.82 Å². The molecule has 0 aromatic carbocycles. The molecule has 0 unspecified atom stereocenters. The molecule has 0 spiro atoms. The van der Waals surface area contributed by atoms with Crippen LogP contribution in [0.3, 0.4) is 0 Å². The van der Waals surface area contributed by atoms with Crippen molar-refractivity contribution in [2.45, 2.75) is 18.4 Å². The smallest absolute Gasteiger partial charge is 0.242 e. The molecule has 112 valence electrons. The number of aryl methyl sites for hydroxylation is 1. The van der Waals surface area contributed by atoms with Crippen LogP contribution in [-0.4, -0.2) is 25.4 Å². The summed E-state index contributed by atoms with van der Waals surface area (Å²) >= 11 is 5.95. The summed E-state index contributed by atoms with van der Waals surface area (Å²) in [4.78, 5) is 7.96. The van der Waals surface area contributed by atoms with Crippen molar-refractivity contribution in [2.24, 2.45) is 0 Å². The standard InChI is InChI=1S/C13H15ClN4O2S/c1-9-6-16-4-3-10(9)7-18-21(19,20)11-5-12(14)13(15-2)17-8-11/h3-6,8,18H,7H2,1-2H3,(H,15,17). The summed E-state index contributed by atoms with van der Waals surface area (Å²) in [5, 5.41) is 3.02. The molecule has 8 heteroatoms. The third-order valence-electron chi connectivity index (χ3n) is 2.95. The van der Waals surface area contributed by atoms with Crippen LogP contribution in [0, 0.1) is 6.92 Å². The number of rotatable bonds is 5. The molecule has 2 aromatic heterocycles. The molecule has 2 heterocycles. The lowest BCUT2D eigenvalue weighted by molar-refractivity contribution is 0.581. The normalized spacial score (nSPS) is 11.4. The molecule has 0 aliphatic heterocycles. The molecule has 2 rings (SSSR count). The fraction of sp³-hybridized carbons (Fsp3) is 0.231. The lowest BCUT2D eigenvalue weighted by Gasteiger charge is -2.09. The number of hydrogen-bond acceptors (Lipinski definition) is 5. The van der Waals surface area contributed by atoms with Gasteiger partial charge in [0, 0.05) is 32.2 Å². The van der Waals surface area contributed by atoms with Crippen LogP contribution in [0.15, 0.2) is 35.6 Å². The largest absolute Gasteiger partial charge is 0.372 e. The van der Waals surface area contributed by atoms with Gasteiger partial charge < -0.3 is 5.32 Å². The zero-order valence-corrected chi connectivity index (χ0v) is 13.2. The highest BCUT2D eigenvalue weighted by Gasteiger charge is 2.16. The first-order valence-corrected chi connectivity index (χ1v) is 8.02. The Hall–Kier alpha value is -1.70. The van der Waals surface area contributed by atoms with Crippen molar-refractivity contribution in [1.29, 1.82) is 0 Å². The molecule has 2 aromatic rings. The Morgan fingerprint density at radius 1 is 1.33 bits per heavy atom. The minimum absolute atomic E-state index is 0.0261. The highest BCUT2D eigenvalue weighted by molar-refractivity contribution is 7.89. The molecule has 0 fully saturated rings. The van der Waals surface area contributed by atoms with Crippen molar-refractivity contribution in [3.63, 3.8) is 0 Å². The average Bonchev–Trinajstić information content (AvgIpc) is 2.46. The van der Waals surface area contributed by atoms with E-state index in [9.17, 15) is 8.42 Å². The Labute approximate surface area is 128 Å².